The minimum atomic E-state index is 0.604. The molecule has 0 atom stereocenters. The first-order valence-electron chi connectivity index (χ1n) is 4.00. The Balaban J connectivity index is 2.94. The van der Waals surface area contributed by atoms with Gasteiger partial charge in [0.1, 0.15) is 0 Å². The van der Waals surface area contributed by atoms with E-state index in [-0.39, 0.29) is 0 Å². The summed E-state index contributed by atoms with van der Waals surface area (Å²) in [6.45, 7) is 1.93. The first-order valence-corrected chi connectivity index (χ1v) is 5.55. The van der Waals surface area contributed by atoms with Gasteiger partial charge in [0.25, 0.3) is 0 Å². The highest BCUT2D eigenvalue weighted by molar-refractivity contribution is 9.10. The number of benzene rings is 1. The van der Waals surface area contributed by atoms with Gasteiger partial charge in [0.2, 0.25) is 0 Å². The summed E-state index contributed by atoms with van der Waals surface area (Å²) in [6.07, 6.45) is 0. The summed E-state index contributed by atoms with van der Waals surface area (Å²) in [5, 5.41) is 2.13. The Morgan fingerprint density at radius 2 is 1.93 bits per heavy atom. The summed E-state index contributed by atoms with van der Waals surface area (Å²) in [7, 11) is 0. The van der Waals surface area contributed by atoms with Gasteiger partial charge in [-0.1, -0.05) is 23.2 Å². The minimum absolute atomic E-state index is 0.604. The van der Waals surface area contributed by atoms with E-state index in [0.717, 1.165) is 21.1 Å². The molecule has 0 saturated heterocycles. The van der Waals surface area contributed by atoms with Gasteiger partial charge in [-0.05, 0) is 41.1 Å². The first kappa shape index (κ1) is 10.2. The van der Waals surface area contributed by atoms with Gasteiger partial charge in [0.15, 0.2) is 0 Å². The van der Waals surface area contributed by atoms with Crippen LogP contribution in [0.3, 0.4) is 0 Å². The molecule has 2 rings (SSSR count). The third kappa shape index (κ3) is 1.74. The zero-order valence-electron chi connectivity index (χ0n) is 7.31. The molecule has 0 aliphatic heterocycles. The van der Waals surface area contributed by atoms with Crippen LogP contribution in [-0.2, 0) is 0 Å². The number of aromatic nitrogens is 1. The molecule has 14 heavy (non-hydrogen) atoms. The average Bonchev–Trinajstić information content (AvgIpc) is 1.99. The van der Waals surface area contributed by atoms with E-state index in [4.69, 9.17) is 23.2 Å². The van der Waals surface area contributed by atoms with Crippen molar-refractivity contribution < 1.29 is 0 Å². The Kier molecular flexibility index (Phi) is 2.69. The number of rotatable bonds is 0. The number of aryl methyl sites for hydroxylation is 1. The van der Waals surface area contributed by atoms with Crippen LogP contribution >= 0.6 is 39.1 Å². The second-order valence-corrected chi connectivity index (χ2v) is 4.73. The molecule has 0 spiro atoms. The highest BCUT2D eigenvalue weighted by Gasteiger charge is 2.07. The molecule has 1 aromatic carbocycles. The highest BCUT2D eigenvalue weighted by atomic mass is 79.9. The average molecular weight is 291 g/mol. The predicted molar refractivity (Wildman–Crippen MR) is 64.2 cm³/mol. The zero-order valence-corrected chi connectivity index (χ0v) is 10.4. The van der Waals surface area contributed by atoms with E-state index in [0.29, 0.717) is 10.0 Å². The summed E-state index contributed by atoms with van der Waals surface area (Å²) in [5.74, 6) is 0. The summed E-state index contributed by atoms with van der Waals surface area (Å²) < 4.78 is 0.946. The van der Waals surface area contributed by atoms with Crippen molar-refractivity contribution in [1.82, 2.24) is 4.98 Å². The van der Waals surface area contributed by atoms with E-state index in [1.165, 1.54) is 0 Å². The van der Waals surface area contributed by atoms with Crippen LogP contribution in [0, 0.1) is 6.92 Å². The molecule has 4 heteroatoms. The van der Waals surface area contributed by atoms with Crippen molar-refractivity contribution in [2.45, 2.75) is 6.92 Å². The zero-order chi connectivity index (χ0) is 10.3. The molecule has 0 saturated carbocycles. The molecule has 72 valence electrons. The molecular weight excluding hydrogens is 285 g/mol. The van der Waals surface area contributed by atoms with Crippen LogP contribution in [0.2, 0.25) is 10.0 Å². The Morgan fingerprint density at radius 3 is 2.64 bits per heavy atom. The van der Waals surface area contributed by atoms with Gasteiger partial charge >= 0.3 is 0 Å². The standard InChI is InChI=1S/C10H6BrCl2N/c1-5-2-7(11)10-8(13)3-6(12)4-9(10)14-5/h2-4H,1H3. The van der Waals surface area contributed by atoms with E-state index < -0.39 is 0 Å². The minimum Gasteiger partial charge on any atom is -0.253 e. The van der Waals surface area contributed by atoms with Gasteiger partial charge in [-0.15, -0.1) is 0 Å². The molecule has 0 aliphatic rings. The second kappa shape index (κ2) is 3.69. The number of pyridine rings is 1. The van der Waals surface area contributed by atoms with E-state index in [2.05, 4.69) is 20.9 Å². The van der Waals surface area contributed by atoms with Crippen molar-refractivity contribution in [3.8, 4) is 0 Å². The lowest BCUT2D eigenvalue weighted by Gasteiger charge is -2.04. The normalized spacial score (nSPS) is 10.9. The van der Waals surface area contributed by atoms with Crippen molar-refractivity contribution in [2.24, 2.45) is 0 Å². The van der Waals surface area contributed by atoms with E-state index in [1.807, 2.05) is 13.0 Å². The van der Waals surface area contributed by atoms with Crippen LogP contribution < -0.4 is 0 Å². The van der Waals surface area contributed by atoms with Gasteiger partial charge < -0.3 is 0 Å². The van der Waals surface area contributed by atoms with Gasteiger partial charge in [-0.2, -0.15) is 0 Å². The summed E-state index contributed by atoms with van der Waals surface area (Å²) in [6, 6.07) is 5.45. The fraction of sp³-hybridized carbons (Fsp3) is 0.100. The Hall–Kier alpha value is -0.310. The number of hydrogen-bond donors (Lipinski definition) is 0. The molecule has 0 radical (unpaired) electrons. The van der Waals surface area contributed by atoms with Crippen molar-refractivity contribution in [2.75, 3.05) is 0 Å². The SMILES string of the molecule is Cc1cc(Br)c2c(Cl)cc(Cl)cc2n1. The molecule has 0 amide bonds. The lowest BCUT2D eigenvalue weighted by molar-refractivity contribution is 1.25. The maximum atomic E-state index is 6.07. The lowest BCUT2D eigenvalue weighted by Crippen LogP contribution is -1.85. The molecule has 1 aromatic heterocycles. The number of fused-ring (bicyclic) bond motifs is 1. The quantitative estimate of drug-likeness (QED) is 0.690. The molecule has 0 fully saturated rings. The fourth-order valence-corrected chi connectivity index (χ4v) is 2.81. The largest absolute Gasteiger partial charge is 0.253 e. The first-order chi connectivity index (χ1) is 6.58. The number of nitrogens with zero attached hydrogens (tertiary/aromatic N) is 1. The fourth-order valence-electron chi connectivity index (χ4n) is 1.36. The molecular formula is C10H6BrCl2N. The number of halogens is 3. The van der Waals surface area contributed by atoms with Crippen molar-refractivity contribution in [3.05, 3.63) is 38.4 Å². The highest BCUT2D eigenvalue weighted by Crippen LogP contribution is 2.32. The third-order valence-electron chi connectivity index (χ3n) is 1.91. The topological polar surface area (TPSA) is 12.9 Å². The summed E-state index contributed by atoms with van der Waals surface area (Å²) in [5.41, 5.74) is 1.75. The van der Waals surface area contributed by atoms with Crippen molar-refractivity contribution >= 4 is 50.0 Å². The molecule has 1 nitrogen and oxygen atoms in total. The smallest absolute Gasteiger partial charge is 0.0746 e. The maximum Gasteiger partial charge on any atom is 0.0746 e. The van der Waals surface area contributed by atoms with Crippen LogP contribution in [0.1, 0.15) is 5.69 Å². The third-order valence-corrected chi connectivity index (χ3v) is 3.05. The predicted octanol–water partition coefficient (Wildman–Crippen LogP) is 4.61. The van der Waals surface area contributed by atoms with Gasteiger partial charge in [0, 0.05) is 20.6 Å². The Labute approximate surface area is 100 Å². The second-order valence-electron chi connectivity index (χ2n) is 3.03. The maximum absolute atomic E-state index is 6.07. The van der Waals surface area contributed by atoms with Crippen LogP contribution in [-0.4, -0.2) is 4.98 Å². The van der Waals surface area contributed by atoms with Crippen molar-refractivity contribution in [3.63, 3.8) is 0 Å². The van der Waals surface area contributed by atoms with E-state index >= 15 is 0 Å². The molecule has 0 N–H and O–H groups in total. The summed E-state index contributed by atoms with van der Waals surface area (Å²) in [4.78, 5) is 4.36. The molecule has 0 bridgehead atoms. The molecule has 1 heterocycles. The van der Waals surface area contributed by atoms with Gasteiger partial charge in [0.05, 0.1) is 10.5 Å². The van der Waals surface area contributed by atoms with Gasteiger partial charge in [-0.3, -0.25) is 4.98 Å². The monoisotopic (exact) mass is 289 g/mol. The lowest BCUT2D eigenvalue weighted by atomic mass is 10.2. The molecule has 0 unspecified atom stereocenters. The van der Waals surface area contributed by atoms with Crippen LogP contribution in [0.4, 0.5) is 0 Å². The van der Waals surface area contributed by atoms with Gasteiger partial charge in [-0.25, -0.2) is 0 Å². The van der Waals surface area contributed by atoms with Crippen LogP contribution in [0.25, 0.3) is 10.9 Å². The van der Waals surface area contributed by atoms with Crippen molar-refractivity contribution in [1.29, 1.82) is 0 Å². The molecule has 0 aliphatic carbocycles. The van der Waals surface area contributed by atoms with E-state index in [9.17, 15) is 0 Å². The van der Waals surface area contributed by atoms with E-state index in [1.54, 1.807) is 12.1 Å². The molecule has 2 aromatic rings. The van der Waals surface area contributed by atoms with Crippen LogP contribution in [0.5, 0.6) is 0 Å². The Morgan fingerprint density at radius 1 is 1.21 bits per heavy atom. The van der Waals surface area contributed by atoms with Crippen LogP contribution in [0.15, 0.2) is 22.7 Å². The Bertz CT molecular complexity index is 468. The number of hydrogen-bond acceptors (Lipinski definition) is 1. The summed E-state index contributed by atoms with van der Waals surface area (Å²) >= 11 is 15.4.